The van der Waals surface area contributed by atoms with E-state index in [9.17, 15) is 9.50 Å². The van der Waals surface area contributed by atoms with Crippen molar-refractivity contribution < 1.29 is 9.50 Å². The number of thiophene rings is 1. The minimum Gasteiger partial charge on any atom is -0.381 e. The van der Waals surface area contributed by atoms with Crippen molar-refractivity contribution in [2.75, 3.05) is 0 Å². The van der Waals surface area contributed by atoms with Crippen molar-refractivity contribution in [3.05, 3.63) is 70.4 Å². The Morgan fingerprint density at radius 1 is 1.15 bits per heavy atom. The third-order valence-corrected chi connectivity index (χ3v) is 4.70. The molecule has 0 saturated heterocycles. The zero-order chi connectivity index (χ0) is 14.3. The lowest BCUT2D eigenvalue weighted by atomic mass is 9.87. The molecule has 0 amide bonds. The lowest BCUT2D eigenvalue weighted by molar-refractivity contribution is 0.104. The molecule has 1 heterocycles. The van der Waals surface area contributed by atoms with Crippen LogP contribution in [-0.2, 0) is 5.60 Å². The maximum absolute atomic E-state index is 13.8. The van der Waals surface area contributed by atoms with Crippen LogP contribution in [-0.4, -0.2) is 5.11 Å². The van der Waals surface area contributed by atoms with Crippen molar-refractivity contribution in [2.24, 2.45) is 0 Å². The highest BCUT2D eigenvalue weighted by molar-refractivity contribution is 7.17. The van der Waals surface area contributed by atoms with Gasteiger partial charge >= 0.3 is 0 Å². The molecule has 0 aliphatic carbocycles. The Hall–Kier alpha value is -1.71. The van der Waals surface area contributed by atoms with E-state index in [-0.39, 0.29) is 5.82 Å². The molecule has 0 fully saturated rings. The largest absolute Gasteiger partial charge is 0.381 e. The molecule has 1 unspecified atom stereocenters. The van der Waals surface area contributed by atoms with E-state index in [0.29, 0.717) is 11.1 Å². The second-order valence-corrected chi connectivity index (χ2v) is 6.10. The van der Waals surface area contributed by atoms with E-state index in [2.05, 4.69) is 0 Å². The molecule has 1 N–H and O–H groups in total. The topological polar surface area (TPSA) is 20.2 Å². The Labute approximate surface area is 121 Å². The van der Waals surface area contributed by atoms with Gasteiger partial charge in [0.2, 0.25) is 0 Å². The predicted octanol–water partition coefficient (Wildman–Crippen LogP) is 4.60. The molecule has 3 aromatic rings. The zero-order valence-corrected chi connectivity index (χ0v) is 12.2. The molecule has 3 rings (SSSR count). The summed E-state index contributed by atoms with van der Waals surface area (Å²) in [5.74, 6) is -0.291. The summed E-state index contributed by atoms with van der Waals surface area (Å²) in [5, 5.41) is 14.0. The Morgan fingerprint density at radius 2 is 1.95 bits per heavy atom. The van der Waals surface area contributed by atoms with Crippen LogP contribution in [0, 0.1) is 12.7 Å². The number of halogens is 1. The summed E-state index contributed by atoms with van der Waals surface area (Å²) >= 11 is 1.59. The van der Waals surface area contributed by atoms with E-state index in [4.69, 9.17) is 0 Å². The van der Waals surface area contributed by atoms with Crippen molar-refractivity contribution in [3.8, 4) is 0 Å². The van der Waals surface area contributed by atoms with Gasteiger partial charge in [0.25, 0.3) is 0 Å². The van der Waals surface area contributed by atoms with Gasteiger partial charge < -0.3 is 5.11 Å². The third kappa shape index (κ3) is 2.03. The molecule has 0 radical (unpaired) electrons. The molecule has 2 aromatic carbocycles. The molecule has 0 aliphatic rings. The number of aliphatic hydroxyl groups is 1. The second kappa shape index (κ2) is 4.69. The lowest BCUT2D eigenvalue weighted by Gasteiger charge is -2.25. The first kappa shape index (κ1) is 13.3. The summed E-state index contributed by atoms with van der Waals surface area (Å²) < 4.78 is 14.8. The number of aryl methyl sites for hydroxylation is 1. The van der Waals surface area contributed by atoms with E-state index in [1.54, 1.807) is 37.3 Å². The van der Waals surface area contributed by atoms with Gasteiger partial charge in [-0.2, -0.15) is 0 Å². The molecule has 1 aromatic heterocycles. The average molecular weight is 286 g/mol. The highest BCUT2D eigenvalue weighted by Gasteiger charge is 2.28. The first-order valence-electron chi connectivity index (χ1n) is 6.46. The zero-order valence-electron chi connectivity index (χ0n) is 11.4. The first-order chi connectivity index (χ1) is 9.50. The van der Waals surface area contributed by atoms with Crippen molar-refractivity contribution >= 4 is 21.4 Å². The van der Waals surface area contributed by atoms with Crippen LogP contribution in [0.5, 0.6) is 0 Å². The van der Waals surface area contributed by atoms with Gasteiger partial charge in [-0.25, -0.2) is 4.39 Å². The van der Waals surface area contributed by atoms with Crippen molar-refractivity contribution in [3.63, 3.8) is 0 Å². The number of rotatable bonds is 2. The third-order valence-electron chi connectivity index (χ3n) is 3.74. The Balaban J connectivity index is 2.20. The van der Waals surface area contributed by atoms with Gasteiger partial charge in [0.1, 0.15) is 11.4 Å². The summed E-state index contributed by atoms with van der Waals surface area (Å²) in [7, 11) is 0. The van der Waals surface area contributed by atoms with Gasteiger partial charge in [-0.15, -0.1) is 11.3 Å². The standard InChI is InChI=1S/C17H15FOS/c1-11-6-7-13(10-15(11)18)17(2,19)14-5-3-4-12-8-9-20-16(12)14/h3-10,19H,1-2H3. The summed E-state index contributed by atoms with van der Waals surface area (Å²) in [6.45, 7) is 3.43. The van der Waals surface area contributed by atoms with Gasteiger partial charge in [0.05, 0.1) is 0 Å². The Kier molecular flexibility index (Phi) is 3.11. The lowest BCUT2D eigenvalue weighted by Crippen LogP contribution is -2.23. The van der Waals surface area contributed by atoms with Gasteiger partial charge in [0, 0.05) is 10.3 Å². The number of hydrogen-bond acceptors (Lipinski definition) is 2. The molecule has 1 nitrogen and oxygen atoms in total. The molecule has 1 atom stereocenters. The van der Waals surface area contributed by atoms with E-state index in [1.807, 2.05) is 29.6 Å². The van der Waals surface area contributed by atoms with Gasteiger partial charge in [0.15, 0.2) is 0 Å². The van der Waals surface area contributed by atoms with Crippen molar-refractivity contribution in [1.82, 2.24) is 0 Å². The Bertz CT molecular complexity index is 774. The second-order valence-electron chi connectivity index (χ2n) is 5.18. The van der Waals surface area contributed by atoms with Gasteiger partial charge in [-0.05, 0) is 47.9 Å². The summed E-state index contributed by atoms with van der Waals surface area (Å²) in [6.07, 6.45) is 0. The minimum atomic E-state index is -1.21. The van der Waals surface area contributed by atoms with E-state index in [1.165, 1.54) is 6.07 Å². The maximum atomic E-state index is 13.8. The normalized spacial score (nSPS) is 14.4. The van der Waals surface area contributed by atoms with Crippen LogP contribution in [0.2, 0.25) is 0 Å². The molecular formula is C17H15FOS. The molecule has 0 aliphatic heterocycles. The van der Waals surface area contributed by atoms with Crippen LogP contribution in [0.3, 0.4) is 0 Å². The van der Waals surface area contributed by atoms with E-state index < -0.39 is 5.60 Å². The fourth-order valence-electron chi connectivity index (χ4n) is 2.43. The minimum absolute atomic E-state index is 0.291. The smallest absolute Gasteiger partial charge is 0.126 e. The Morgan fingerprint density at radius 3 is 2.70 bits per heavy atom. The van der Waals surface area contributed by atoms with Gasteiger partial charge in [-0.1, -0.05) is 30.3 Å². The monoisotopic (exact) mass is 286 g/mol. The number of fused-ring (bicyclic) bond motifs is 1. The maximum Gasteiger partial charge on any atom is 0.126 e. The summed E-state index contributed by atoms with van der Waals surface area (Å²) in [5.41, 5.74) is 0.757. The summed E-state index contributed by atoms with van der Waals surface area (Å²) in [6, 6.07) is 12.8. The van der Waals surface area contributed by atoms with Crippen LogP contribution in [0.1, 0.15) is 23.6 Å². The van der Waals surface area contributed by atoms with E-state index >= 15 is 0 Å². The van der Waals surface area contributed by atoms with Crippen molar-refractivity contribution in [1.29, 1.82) is 0 Å². The van der Waals surface area contributed by atoms with Crippen LogP contribution >= 0.6 is 11.3 Å². The highest BCUT2D eigenvalue weighted by Crippen LogP contribution is 2.36. The van der Waals surface area contributed by atoms with Crippen LogP contribution in [0.4, 0.5) is 4.39 Å². The fourth-order valence-corrected chi connectivity index (χ4v) is 3.44. The van der Waals surface area contributed by atoms with Crippen LogP contribution < -0.4 is 0 Å². The van der Waals surface area contributed by atoms with E-state index in [0.717, 1.165) is 15.6 Å². The quantitative estimate of drug-likeness (QED) is 0.729. The molecular weight excluding hydrogens is 271 g/mol. The van der Waals surface area contributed by atoms with Crippen LogP contribution in [0.25, 0.3) is 10.1 Å². The molecule has 0 saturated carbocycles. The molecule has 20 heavy (non-hydrogen) atoms. The molecule has 0 spiro atoms. The molecule has 0 bridgehead atoms. The van der Waals surface area contributed by atoms with Gasteiger partial charge in [-0.3, -0.25) is 0 Å². The average Bonchev–Trinajstić information content (AvgIpc) is 2.89. The number of hydrogen-bond donors (Lipinski definition) is 1. The highest BCUT2D eigenvalue weighted by atomic mass is 32.1. The van der Waals surface area contributed by atoms with Crippen molar-refractivity contribution in [2.45, 2.75) is 19.4 Å². The SMILES string of the molecule is Cc1ccc(C(C)(O)c2cccc3ccsc23)cc1F. The fraction of sp³-hybridized carbons (Fsp3) is 0.176. The molecule has 3 heteroatoms. The number of benzene rings is 2. The predicted molar refractivity (Wildman–Crippen MR) is 81.6 cm³/mol. The van der Waals surface area contributed by atoms with Crippen LogP contribution in [0.15, 0.2) is 47.8 Å². The first-order valence-corrected chi connectivity index (χ1v) is 7.34. The summed E-state index contributed by atoms with van der Waals surface area (Å²) in [4.78, 5) is 0. The molecule has 102 valence electrons.